The van der Waals surface area contributed by atoms with E-state index >= 15 is 0 Å². The number of carboxylic acid groups (broad SMARTS) is 1. The van der Waals surface area contributed by atoms with Gasteiger partial charge in [0.15, 0.2) is 0 Å². The van der Waals surface area contributed by atoms with Gasteiger partial charge in [-0.1, -0.05) is 12.8 Å². The number of aliphatic hydroxyl groups excluding tert-OH is 2. The summed E-state index contributed by atoms with van der Waals surface area (Å²) in [6.07, 6.45) is 2.86. The van der Waals surface area contributed by atoms with Gasteiger partial charge in [-0.15, -0.1) is 0 Å². The van der Waals surface area contributed by atoms with Crippen molar-refractivity contribution in [2.75, 3.05) is 6.54 Å². The van der Waals surface area contributed by atoms with E-state index in [4.69, 9.17) is 5.11 Å². The normalized spacial score (nSPS) is 41.1. The number of β-amino-alcohol motifs (C(OH)–C–C–N with tert-alkyl or cyclic N) is 1. The minimum atomic E-state index is -0.894. The molecule has 0 aromatic heterocycles. The van der Waals surface area contributed by atoms with Crippen molar-refractivity contribution in [3.05, 3.63) is 0 Å². The first kappa shape index (κ1) is 11.8. The van der Waals surface area contributed by atoms with Gasteiger partial charge in [-0.05, 0) is 12.8 Å². The summed E-state index contributed by atoms with van der Waals surface area (Å²) in [7, 11) is 0. The lowest BCUT2D eigenvalue weighted by Crippen LogP contribution is -2.50. The molecule has 0 amide bonds. The molecule has 0 aromatic carbocycles. The van der Waals surface area contributed by atoms with E-state index in [9.17, 15) is 15.0 Å². The Bertz CT molecular complexity index is 271. The number of nitrogens with zero attached hydrogens (tertiary/aromatic N) is 1. The molecular formula is C11H19NO4. The summed E-state index contributed by atoms with van der Waals surface area (Å²) in [5.41, 5.74) is 0. The maximum atomic E-state index is 11.1. The Balaban J connectivity index is 2.08. The third-order valence-electron chi connectivity index (χ3n) is 3.72. The SMILES string of the molecule is O=C(O)[C@H]1C[C@H](O)CN1[C@H]1CCCC[C@H]1O. The lowest BCUT2D eigenvalue weighted by atomic mass is 9.91. The highest BCUT2D eigenvalue weighted by Crippen LogP contribution is 2.29. The largest absolute Gasteiger partial charge is 0.480 e. The van der Waals surface area contributed by atoms with Crippen molar-refractivity contribution in [3.63, 3.8) is 0 Å². The molecule has 1 aliphatic heterocycles. The van der Waals surface area contributed by atoms with Crippen LogP contribution in [0.2, 0.25) is 0 Å². The molecule has 92 valence electrons. The van der Waals surface area contributed by atoms with Crippen LogP contribution in [0.1, 0.15) is 32.1 Å². The minimum absolute atomic E-state index is 0.0907. The molecule has 1 saturated carbocycles. The second-order valence-corrected chi connectivity index (χ2v) is 4.86. The standard InChI is InChI=1S/C11H19NO4/c13-7-5-9(11(15)16)12(6-7)8-3-1-2-4-10(8)14/h7-10,13-14H,1-6H2,(H,15,16)/t7-,8-,9+,10+/m0/s1. The second kappa shape index (κ2) is 4.69. The highest BCUT2D eigenvalue weighted by Gasteiger charge is 2.42. The summed E-state index contributed by atoms with van der Waals surface area (Å²) in [6, 6.07) is -0.722. The lowest BCUT2D eigenvalue weighted by molar-refractivity contribution is -0.144. The van der Waals surface area contributed by atoms with Crippen LogP contribution in [-0.2, 0) is 4.79 Å². The molecular weight excluding hydrogens is 210 g/mol. The first-order valence-electron chi connectivity index (χ1n) is 5.94. The van der Waals surface area contributed by atoms with Crippen molar-refractivity contribution in [1.82, 2.24) is 4.90 Å². The molecule has 5 heteroatoms. The highest BCUT2D eigenvalue weighted by molar-refractivity contribution is 5.74. The third kappa shape index (κ3) is 2.21. The molecule has 2 aliphatic rings. The van der Waals surface area contributed by atoms with Crippen LogP contribution < -0.4 is 0 Å². The Morgan fingerprint density at radius 1 is 1.19 bits per heavy atom. The van der Waals surface area contributed by atoms with Gasteiger partial charge >= 0.3 is 5.97 Å². The topological polar surface area (TPSA) is 81.0 Å². The van der Waals surface area contributed by atoms with E-state index in [-0.39, 0.29) is 12.5 Å². The first-order chi connectivity index (χ1) is 7.59. The van der Waals surface area contributed by atoms with Crippen molar-refractivity contribution >= 4 is 5.97 Å². The molecule has 0 spiro atoms. The number of carboxylic acids is 1. The summed E-state index contributed by atoms with van der Waals surface area (Å²) in [4.78, 5) is 12.8. The van der Waals surface area contributed by atoms with E-state index in [1.54, 1.807) is 4.90 Å². The van der Waals surface area contributed by atoms with Crippen LogP contribution in [-0.4, -0.2) is 57.0 Å². The van der Waals surface area contributed by atoms with Crippen LogP contribution in [0.4, 0.5) is 0 Å². The zero-order valence-corrected chi connectivity index (χ0v) is 9.25. The fraction of sp³-hybridized carbons (Fsp3) is 0.909. The number of hydrogen-bond acceptors (Lipinski definition) is 4. The molecule has 2 fully saturated rings. The summed E-state index contributed by atoms with van der Waals surface area (Å²) in [5, 5.41) is 28.5. The van der Waals surface area contributed by atoms with Gasteiger partial charge in [0.05, 0.1) is 12.2 Å². The number of hydrogen-bond donors (Lipinski definition) is 3. The van der Waals surface area contributed by atoms with Crippen LogP contribution >= 0.6 is 0 Å². The molecule has 0 bridgehead atoms. The molecule has 1 heterocycles. The average molecular weight is 229 g/mol. The Kier molecular flexibility index (Phi) is 3.47. The van der Waals surface area contributed by atoms with Crippen LogP contribution in [0, 0.1) is 0 Å². The van der Waals surface area contributed by atoms with E-state index in [0.29, 0.717) is 6.54 Å². The van der Waals surface area contributed by atoms with E-state index in [1.807, 2.05) is 0 Å². The Labute approximate surface area is 94.7 Å². The lowest BCUT2D eigenvalue weighted by Gasteiger charge is -2.37. The van der Waals surface area contributed by atoms with Gasteiger partial charge in [-0.25, -0.2) is 0 Å². The predicted octanol–water partition coefficient (Wildman–Crippen LogP) is -0.190. The molecule has 0 unspecified atom stereocenters. The van der Waals surface area contributed by atoms with Crippen LogP contribution in [0.3, 0.4) is 0 Å². The van der Waals surface area contributed by atoms with Gasteiger partial charge in [-0.2, -0.15) is 0 Å². The van der Waals surface area contributed by atoms with Crippen LogP contribution in [0.5, 0.6) is 0 Å². The predicted molar refractivity (Wildman–Crippen MR) is 57.0 cm³/mol. The molecule has 5 nitrogen and oxygen atoms in total. The van der Waals surface area contributed by atoms with Crippen LogP contribution in [0.25, 0.3) is 0 Å². The number of likely N-dealkylation sites (tertiary alicyclic amines) is 1. The maximum Gasteiger partial charge on any atom is 0.321 e. The van der Waals surface area contributed by atoms with Gasteiger partial charge in [-0.3, -0.25) is 9.69 Å². The van der Waals surface area contributed by atoms with Crippen molar-refractivity contribution in [3.8, 4) is 0 Å². The smallest absolute Gasteiger partial charge is 0.321 e. The van der Waals surface area contributed by atoms with E-state index in [0.717, 1.165) is 25.7 Å². The summed E-state index contributed by atoms with van der Waals surface area (Å²) < 4.78 is 0. The number of aliphatic hydroxyl groups is 2. The van der Waals surface area contributed by atoms with Gasteiger partial charge < -0.3 is 15.3 Å². The van der Waals surface area contributed by atoms with Gasteiger partial charge in [0.2, 0.25) is 0 Å². The fourth-order valence-corrected chi connectivity index (χ4v) is 2.93. The summed E-state index contributed by atoms with van der Waals surface area (Å²) >= 11 is 0. The van der Waals surface area contributed by atoms with Crippen LogP contribution in [0.15, 0.2) is 0 Å². The Morgan fingerprint density at radius 3 is 2.50 bits per heavy atom. The van der Waals surface area contributed by atoms with Gasteiger partial charge in [0, 0.05) is 19.0 Å². The van der Waals surface area contributed by atoms with E-state index < -0.39 is 24.2 Å². The zero-order chi connectivity index (χ0) is 11.7. The molecule has 1 aliphatic carbocycles. The van der Waals surface area contributed by atoms with Gasteiger partial charge in [0.1, 0.15) is 6.04 Å². The quantitative estimate of drug-likeness (QED) is 0.611. The highest BCUT2D eigenvalue weighted by atomic mass is 16.4. The molecule has 3 N–H and O–H groups in total. The van der Waals surface area contributed by atoms with Gasteiger partial charge in [0.25, 0.3) is 0 Å². The number of aliphatic carboxylic acids is 1. The van der Waals surface area contributed by atoms with Crippen molar-refractivity contribution in [1.29, 1.82) is 0 Å². The number of carbonyl (C=O) groups is 1. The Hall–Kier alpha value is -0.650. The monoisotopic (exact) mass is 229 g/mol. The maximum absolute atomic E-state index is 11.1. The van der Waals surface area contributed by atoms with Crippen molar-refractivity contribution in [2.24, 2.45) is 0 Å². The molecule has 16 heavy (non-hydrogen) atoms. The van der Waals surface area contributed by atoms with Crippen molar-refractivity contribution < 1.29 is 20.1 Å². The molecule has 0 radical (unpaired) electrons. The molecule has 1 saturated heterocycles. The first-order valence-corrected chi connectivity index (χ1v) is 5.94. The van der Waals surface area contributed by atoms with E-state index in [1.165, 1.54) is 0 Å². The zero-order valence-electron chi connectivity index (χ0n) is 9.25. The minimum Gasteiger partial charge on any atom is -0.480 e. The molecule has 0 aromatic rings. The second-order valence-electron chi connectivity index (χ2n) is 4.86. The fourth-order valence-electron chi connectivity index (χ4n) is 2.93. The Morgan fingerprint density at radius 2 is 1.88 bits per heavy atom. The summed E-state index contributed by atoms with van der Waals surface area (Å²) in [5.74, 6) is -0.894. The number of rotatable bonds is 2. The molecule has 4 atom stereocenters. The third-order valence-corrected chi connectivity index (χ3v) is 3.72. The molecule has 2 rings (SSSR count). The van der Waals surface area contributed by atoms with Crippen molar-refractivity contribution in [2.45, 2.75) is 56.4 Å². The van der Waals surface area contributed by atoms with E-state index in [2.05, 4.69) is 0 Å². The summed E-state index contributed by atoms with van der Waals surface area (Å²) in [6.45, 7) is 0.374. The average Bonchev–Trinajstić information content (AvgIpc) is 2.61.